The van der Waals surface area contributed by atoms with Gasteiger partial charge in [0.05, 0.1) is 4.90 Å². The molecule has 0 radical (unpaired) electrons. The van der Waals surface area contributed by atoms with Gasteiger partial charge in [0.25, 0.3) is 5.91 Å². The fraction of sp³-hybridized carbons (Fsp3) is 0.227. The van der Waals surface area contributed by atoms with E-state index in [1.807, 2.05) is 26.0 Å². The summed E-state index contributed by atoms with van der Waals surface area (Å²) < 4.78 is 33.3. The Morgan fingerprint density at radius 2 is 1.63 bits per heavy atom. The number of sulfonamides is 1. The Labute approximate surface area is 186 Å². The van der Waals surface area contributed by atoms with Crippen molar-refractivity contribution in [1.29, 1.82) is 0 Å². The number of carbonyl (C=O) groups excluding carboxylic acids is 1. The number of nitrogens with one attached hydrogen (secondary N) is 1. The highest BCUT2D eigenvalue weighted by Gasteiger charge is 2.22. The molecule has 0 unspecified atom stereocenters. The van der Waals surface area contributed by atoms with E-state index < -0.39 is 10.0 Å². The Morgan fingerprint density at radius 1 is 1.10 bits per heavy atom. The highest BCUT2D eigenvalue weighted by molar-refractivity contribution is 9.10. The molecule has 0 heterocycles. The van der Waals surface area contributed by atoms with Crippen LogP contribution in [0.2, 0.25) is 0 Å². The highest BCUT2D eigenvalue weighted by atomic mass is 79.9. The summed E-state index contributed by atoms with van der Waals surface area (Å²) in [6.45, 7) is 11.2. The van der Waals surface area contributed by atoms with Crippen molar-refractivity contribution in [3.8, 4) is 5.75 Å². The predicted molar refractivity (Wildman–Crippen MR) is 123 cm³/mol. The molecule has 0 aliphatic heterocycles. The van der Waals surface area contributed by atoms with Crippen LogP contribution in [0.3, 0.4) is 0 Å². The molecule has 0 fully saturated rings. The molecule has 2 aromatic carbocycles. The van der Waals surface area contributed by atoms with Crippen LogP contribution in [0.5, 0.6) is 5.75 Å². The van der Waals surface area contributed by atoms with Gasteiger partial charge in [0.1, 0.15) is 5.75 Å². The molecule has 1 N–H and O–H groups in total. The molecule has 0 saturated carbocycles. The van der Waals surface area contributed by atoms with E-state index in [0.717, 1.165) is 15.6 Å². The molecule has 8 heteroatoms. The molecule has 0 aromatic heterocycles. The SMILES string of the molecule is C=CCN(CC=C)S(=O)(=O)c1ccc(NC(=O)COc2c(C)cc(Br)cc2C)cc1. The summed E-state index contributed by atoms with van der Waals surface area (Å²) in [5.74, 6) is 0.326. The zero-order valence-electron chi connectivity index (χ0n) is 17.0. The molecule has 2 aromatic rings. The first-order valence-corrected chi connectivity index (χ1v) is 11.4. The molecule has 160 valence electrons. The van der Waals surface area contributed by atoms with E-state index in [9.17, 15) is 13.2 Å². The van der Waals surface area contributed by atoms with Crippen molar-refractivity contribution in [1.82, 2.24) is 4.31 Å². The first-order valence-electron chi connectivity index (χ1n) is 9.20. The Balaban J connectivity index is 2.04. The van der Waals surface area contributed by atoms with E-state index in [-0.39, 0.29) is 30.5 Å². The minimum atomic E-state index is -3.68. The number of hydrogen-bond acceptors (Lipinski definition) is 4. The van der Waals surface area contributed by atoms with Crippen molar-refractivity contribution in [3.63, 3.8) is 0 Å². The number of aryl methyl sites for hydroxylation is 2. The van der Waals surface area contributed by atoms with Crippen LogP contribution in [-0.2, 0) is 14.8 Å². The van der Waals surface area contributed by atoms with Gasteiger partial charge in [-0.15, -0.1) is 13.2 Å². The minimum Gasteiger partial charge on any atom is -0.483 e. The number of halogens is 1. The highest BCUT2D eigenvalue weighted by Crippen LogP contribution is 2.27. The number of amides is 1. The lowest BCUT2D eigenvalue weighted by molar-refractivity contribution is -0.118. The lowest BCUT2D eigenvalue weighted by Gasteiger charge is -2.19. The van der Waals surface area contributed by atoms with Crippen LogP contribution < -0.4 is 10.1 Å². The minimum absolute atomic E-state index is 0.126. The van der Waals surface area contributed by atoms with Gasteiger partial charge >= 0.3 is 0 Å². The Morgan fingerprint density at radius 3 is 2.13 bits per heavy atom. The number of ether oxygens (including phenoxy) is 1. The summed E-state index contributed by atoms with van der Waals surface area (Å²) in [5, 5.41) is 2.71. The summed E-state index contributed by atoms with van der Waals surface area (Å²) >= 11 is 3.43. The smallest absolute Gasteiger partial charge is 0.262 e. The summed E-state index contributed by atoms with van der Waals surface area (Å²) in [6, 6.07) is 9.83. The summed E-state index contributed by atoms with van der Waals surface area (Å²) in [4.78, 5) is 12.4. The first kappa shape index (κ1) is 23.9. The molecule has 0 aliphatic rings. The van der Waals surface area contributed by atoms with Crippen LogP contribution in [0.25, 0.3) is 0 Å². The third kappa shape index (κ3) is 6.04. The van der Waals surface area contributed by atoms with E-state index in [2.05, 4.69) is 34.4 Å². The standard InChI is InChI=1S/C22H25BrN2O4S/c1-5-11-25(12-6-2)30(27,28)20-9-7-19(8-10-20)24-21(26)15-29-22-16(3)13-18(23)14-17(22)4/h5-10,13-14H,1-2,11-12,15H2,3-4H3,(H,24,26). The van der Waals surface area contributed by atoms with Crippen LogP contribution >= 0.6 is 15.9 Å². The van der Waals surface area contributed by atoms with Crippen LogP contribution in [0, 0.1) is 13.8 Å². The molecule has 1 amide bonds. The average Bonchev–Trinajstić information content (AvgIpc) is 2.67. The second-order valence-electron chi connectivity index (χ2n) is 6.63. The van der Waals surface area contributed by atoms with Gasteiger partial charge in [0.15, 0.2) is 6.61 Å². The largest absolute Gasteiger partial charge is 0.483 e. The van der Waals surface area contributed by atoms with Crippen molar-refractivity contribution in [2.75, 3.05) is 25.0 Å². The van der Waals surface area contributed by atoms with E-state index in [1.54, 1.807) is 12.1 Å². The average molecular weight is 493 g/mol. The van der Waals surface area contributed by atoms with Crippen molar-refractivity contribution < 1.29 is 17.9 Å². The predicted octanol–water partition coefficient (Wildman–Crippen LogP) is 4.45. The van der Waals surface area contributed by atoms with Gasteiger partial charge in [0, 0.05) is 23.2 Å². The third-order valence-corrected chi connectivity index (χ3v) is 6.52. The monoisotopic (exact) mass is 492 g/mol. The number of hydrogen-bond donors (Lipinski definition) is 1. The zero-order chi connectivity index (χ0) is 22.3. The number of anilines is 1. The van der Waals surface area contributed by atoms with Gasteiger partial charge in [-0.3, -0.25) is 4.79 Å². The fourth-order valence-electron chi connectivity index (χ4n) is 2.88. The Kier molecular flexibility index (Phi) is 8.40. The van der Waals surface area contributed by atoms with Crippen molar-refractivity contribution in [2.45, 2.75) is 18.7 Å². The maximum absolute atomic E-state index is 12.7. The van der Waals surface area contributed by atoms with Crippen LogP contribution in [0.15, 0.2) is 71.1 Å². The second-order valence-corrected chi connectivity index (χ2v) is 9.48. The topological polar surface area (TPSA) is 75.7 Å². The summed E-state index contributed by atoms with van der Waals surface area (Å²) in [7, 11) is -3.68. The molecule has 30 heavy (non-hydrogen) atoms. The molecule has 2 rings (SSSR count). The van der Waals surface area contributed by atoms with Crippen LogP contribution in [0.4, 0.5) is 5.69 Å². The Hall–Kier alpha value is -2.42. The van der Waals surface area contributed by atoms with E-state index in [0.29, 0.717) is 11.4 Å². The van der Waals surface area contributed by atoms with E-state index in [1.165, 1.54) is 28.6 Å². The molecule has 6 nitrogen and oxygen atoms in total. The normalized spacial score (nSPS) is 11.2. The summed E-state index contributed by atoms with van der Waals surface area (Å²) in [5.41, 5.74) is 2.33. The van der Waals surface area contributed by atoms with E-state index in [4.69, 9.17) is 4.74 Å². The van der Waals surface area contributed by atoms with Crippen LogP contribution in [0.1, 0.15) is 11.1 Å². The van der Waals surface area contributed by atoms with Gasteiger partial charge in [-0.2, -0.15) is 4.31 Å². The molecule has 0 bridgehead atoms. The number of rotatable bonds is 10. The fourth-order valence-corrected chi connectivity index (χ4v) is 4.95. The first-order chi connectivity index (χ1) is 14.2. The molecular weight excluding hydrogens is 468 g/mol. The lowest BCUT2D eigenvalue weighted by Crippen LogP contribution is -2.31. The van der Waals surface area contributed by atoms with Crippen molar-refractivity contribution >= 4 is 37.5 Å². The maximum atomic E-state index is 12.7. The van der Waals surface area contributed by atoms with Gasteiger partial charge in [-0.25, -0.2) is 8.42 Å². The van der Waals surface area contributed by atoms with Gasteiger partial charge in [-0.05, 0) is 61.4 Å². The van der Waals surface area contributed by atoms with Crippen molar-refractivity contribution in [3.05, 3.63) is 77.3 Å². The molecular formula is C22H25BrN2O4S. The third-order valence-electron chi connectivity index (χ3n) is 4.21. The quantitative estimate of drug-likeness (QED) is 0.497. The molecule has 0 saturated heterocycles. The maximum Gasteiger partial charge on any atom is 0.262 e. The number of carbonyl (C=O) groups is 1. The number of nitrogens with zero attached hydrogens (tertiary/aromatic N) is 1. The lowest BCUT2D eigenvalue weighted by atomic mass is 10.1. The molecule has 0 aliphatic carbocycles. The second kappa shape index (κ2) is 10.6. The Bertz CT molecular complexity index is 1000. The van der Waals surface area contributed by atoms with Gasteiger partial charge in [-0.1, -0.05) is 28.1 Å². The molecule has 0 spiro atoms. The summed E-state index contributed by atoms with van der Waals surface area (Å²) in [6.07, 6.45) is 3.04. The van der Waals surface area contributed by atoms with Gasteiger partial charge < -0.3 is 10.1 Å². The zero-order valence-corrected chi connectivity index (χ0v) is 19.4. The molecule has 0 atom stereocenters. The van der Waals surface area contributed by atoms with Crippen molar-refractivity contribution in [2.24, 2.45) is 0 Å². The van der Waals surface area contributed by atoms with Gasteiger partial charge in [0.2, 0.25) is 10.0 Å². The van der Waals surface area contributed by atoms with Crippen LogP contribution in [-0.4, -0.2) is 38.3 Å². The number of benzene rings is 2. The van der Waals surface area contributed by atoms with E-state index >= 15 is 0 Å².